The van der Waals surface area contributed by atoms with E-state index < -0.39 is 21.5 Å². The SMILES string of the molecule is CCCN1\C(=C/C=C/C=C/C2=[N+](C)c3ccc(S(=O)(=O)O)cc3C2(C)CCCCCC(=O)O)C(C)(C)c2ccccc21. The molecule has 2 aromatic rings. The number of nitrogens with zero attached hydrogens (tertiary/aromatic N) is 2. The van der Waals surface area contributed by atoms with Crippen LogP contribution in [-0.2, 0) is 25.7 Å². The number of rotatable bonds is 12. The Morgan fingerprint density at radius 3 is 2.43 bits per heavy atom. The Morgan fingerprint density at radius 1 is 1.00 bits per heavy atom. The quantitative estimate of drug-likeness (QED) is 0.118. The standard InChI is InChI=1S/C34H42N2O5S/c1-6-23-36-29-16-13-12-15-26(29)33(2,3)30(36)17-9-7-10-18-31-34(4,22-14-8-11-19-32(37)38)27-24-25(42(39,40)41)20-21-28(27)35(31)5/h7,9-10,12-13,15-18,20-21,24H,6,8,11,14,19,22-23H2,1-5H3,(H-,37,38,39,40,41)/p+1. The second-order valence-electron chi connectivity index (χ2n) is 12.0. The van der Waals surface area contributed by atoms with Gasteiger partial charge in [0.25, 0.3) is 10.1 Å². The van der Waals surface area contributed by atoms with Gasteiger partial charge in [-0.3, -0.25) is 9.35 Å². The molecule has 4 rings (SSSR count). The van der Waals surface area contributed by atoms with E-state index in [0.29, 0.717) is 12.8 Å². The van der Waals surface area contributed by atoms with Crippen LogP contribution in [-0.4, -0.2) is 47.9 Å². The molecule has 0 radical (unpaired) electrons. The first-order chi connectivity index (χ1) is 19.8. The van der Waals surface area contributed by atoms with Crippen LogP contribution in [0.25, 0.3) is 0 Å². The number of para-hydroxylation sites is 1. The van der Waals surface area contributed by atoms with Gasteiger partial charge in [-0.05, 0) is 56.0 Å². The van der Waals surface area contributed by atoms with E-state index in [1.807, 2.05) is 19.2 Å². The lowest BCUT2D eigenvalue weighted by Gasteiger charge is -2.26. The van der Waals surface area contributed by atoms with Crippen molar-refractivity contribution in [1.29, 1.82) is 0 Å². The van der Waals surface area contributed by atoms with Gasteiger partial charge in [0.05, 0.1) is 10.3 Å². The molecule has 7 nitrogen and oxygen atoms in total. The zero-order chi connectivity index (χ0) is 30.7. The first kappa shape index (κ1) is 31.4. The monoisotopic (exact) mass is 591 g/mol. The molecule has 0 fully saturated rings. The Hall–Kier alpha value is -3.49. The van der Waals surface area contributed by atoms with Crippen molar-refractivity contribution >= 4 is 33.2 Å². The van der Waals surface area contributed by atoms with Crippen LogP contribution in [0.5, 0.6) is 0 Å². The average Bonchev–Trinajstić information content (AvgIpc) is 3.27. The van der Waals surface area contributed by atoms with Gasteiger partial charge in [0, 0.05) is 47.5 Å². The van der Waals surface area contributed by atoms with E-state index in [9.17, 15) is 17.8 Å². The molecule has 0 amide bonds. The maximum atomic E-state index is 12.0. The van der Waals surface area contributed by atoms with Crippen molar-refractivity contribution in [3.05, 3.63) is 89.7 Å². The third-order valence-corrected chi connectivity index (χ3v) is 9.54. The average molecular weight is 592 g/mol. The van der Waals surface area contributed by atoms with E-state index in [4.69, 9.17) is 5.11 Å². The third-order valence-electron chi connectivity index (χ3n) is 8.69. The maximum absolute atomic E-state index is 12.0. The molecule has 0 saturated carbocycles. The van der Waals surface area contributed by atoms with Gasteiger partial charge in [0.15, 0.2) is 5.71 Å². The van der Waals surface area contributed by atoms with Crippen LogP contribution in [0.15, 0.2) is 83.4 Å². The Bertz CT molecular complexity index is 1580. The van der Waals surface area contributed by atoms with Gasteiger partial charge in [0.2, 0.25) is 5.69 Å². The minimum Gasteiger partial charge on any atom is -0.481 e. The highest BCUT2D eigenvalue weighted by Crippen LogP contribution is 2.47. The van der Waals surface area contributed by atoms with Crippen LogP contribution < -0.4 is 4.90 Å². The van der Waals surface area contributed by atoms with Crippen molar-refractivity contribution in [1.82, 2.24) is 0 Å². The van der Waals surface area contributed by atoms with E-state index in [0.717, 1.165) is 42.8 Å². The van der Waals surface area contributed by atoms with Crippen LogP contribution in [0, 0.1) is 0 Å². The van der Waals surface area contributed by atoms with Crippen LogP contribution in [0.3, 0.4) is 0 Å². The zero-order valence-electron chi connectivity index (χ0n) is 25.3. The highest BCUT2D eigenvalue weighted by atomic mass is 32.2. The van der Waals surface area contributed by atoms with Gasteiger partial charge in [-0.15, -0.1) is 0 Å². The molecule has 224 valence electrons. The summed E-state index contributed by atoms with van der Waals surface area (Å²) in [5.41, 5.74) is 5.99. The number of anilines is 1. The summed E-state index contributed by atoms with van der Waals surface area (Å²) in [7, 11) is -2.39. The molecule has 8 heteroatoms. The van der Waals surface area contributed by atoms with Crippen molar-refractivity contribution < 1.29 is 27.4 Å². The summed E-state index contributed by atoms with van der Waals surface area (Å²) in [4.78, 5) is 13.2. The van der Waals surface area contributed by atoms with Crippen molar-refractivity contribution in [3.63, 3.8) is 0 Å². The lowest BCUT2D eigenvalue weighted by atomic mass is 9.75. The van der Waals surface area contributed by atoms with Crippen molar-refractivity contribution in [3.8, 4) is 0 Å². The van der Waals surface area contributed by atoms with Crippen LogP contribution >= 0.6 is 0 Å². The molecule has 2 aliphatic heterocycles. The number of carbonyl (C=O) groups is 1. The number of allylic oxidation sites excluding steroid dienone is 6. The van der Waals surface area contributed by atoms with Gasteiger partial charge in [-0.2, -0.15) is 13.0 Å². The number of unbranched alkanes of at least 4 members (excludes halogenated alkanes) is 2. The minimum absolute atomic E-state index is 0.105. The molecule has 0 aromatic heterocycles. The topological polar surface area (TPSA) is 97.9 Å². The molecule has 2 heterocycles. The van der Waals surface area contributed by atoms with Crippen molar-refractivity contribution in [2.24, 2.45) is 0 Å². The smallest absolute Gasteiger partial charge is 0.303 e. The normalized spacial score (nSPS) is 20.7. The van der Waals surface area contributed by atoms with E-state index in [1.54, 1.807) is 12.1 Å². The molecule has 0 bridgehead atoms. The lowest BCUT2D eigenvalue weighted by molar-refractivity contribution is -0.401. The predicted octanol–water partition coefficient (Wildman–Crippen LogP) is 7.16. The predicted molar refractivity (Wildman–Crippen MR) is 169 cm³/mol. The Kier molecular flexibility index (Phi) is 9.28. The summed E-state index contributed by atoms with van der Waals surface area (Å²) in [6, 6.07) is 13.3. The van der Waals surface area contributed by atoms with E-state index in [1.165, 1.54) is 23.0 Å². The molecular formula is C34H43N2O5S+. The largest absolute Gasteiger partial charge is 0.481 e. The first-order valence-corrected chi connectivity index (χ1v) is 16.1. The van der Waals surface area contributed by atoms with Gasteiger partial charge in [-0.1, -0.05) is 70.0 Å². The second-order valence-corrected chi connectivity index (χ2v) is 13.4. The molecule has 0 saturated heterocycles. The summed E-state index contributed by atoms with van der Waals surface area (Å²) in [5, 5.41) is 9.00. The molecule has 42 heavy (non-hydrogen) atoms. The summed E-state index contributed by atoms with van der Waals surface area (Å²) in [5.74, 6) is -0.801. The second kappa shape index (κ2) is 12.4. The number of hydrogen-bond donors (Lipinski definition) is 2. The third kappa shape index (κ3) is 6.15. The molecular weight excluding hydrogens is 548 g/mol. The fourth-order valence-electron chi connectivity index (χ4n) is 6.50. The number of carboxylic acids is 1. The molecule has 0 aliphatic carbocycles. The Balaban J connectivity index is 1.62. The van der Waals surface area contributed by atoms with E-state index in [2.05, 4.69) is 79.7 Å². The molecule has 2 aliphatic rings. The number of carboxylic acid groups (broad SMARTS) is 1. The van der Waals surface area contributed by atoms with E-state index in [-0.39, 0.29) is 16.7 Å². The first-order valence-electron chi connectivity index (χ1n) is 14.7. The number of fused-ring (bicyclic) bond motifs is 2. The highest BCUT2D eigenvalue weighted by Gasteiger charge is 2.46. The number of benzene rings is 2. The highest BCUT2D eigenvalue weighted by molar-refractivity contribution is 7.85. The minimum atomic E-state index is -4.35. The molecule has 1 atom stereocenters. The Labute approximate surface area is 250 Å². The number of aliphatic carboxylic acids is 1. The molecule has 0 spiro atoms. The summed E-state index contributed by atoms with van der Waals surface area (Å²) in [6.45, 7) is 9.76. The fraction of sp³-hybridized carbons (Fsp3) is 0.412. The van der Waals surface area contributed by atoms with Crippen molar-refractivity contribution in [2.45, 2.75) is 81.9 Å². The molecule has 2 N–H and O–H groups in total. The summed E-state index contributed by atoms with van der Waals surface area (Å²) in [6.07, 6.45) is 14.4. The van der Waals surface area contributed by atoms with Crippen molar-refractivity contribution in [2.75, 3.05) is 18.5 Å². The van der Waals surface area contributed by atoms with E-state index >= 15 is 0 Å². The van der Waals surface area contributed by atoms with Crippen LogP contribution in [0.2, 0.25) is 0 Å². The molecule has 1 unspecified atom stereocenters. The number of hydrogen-bond acceptors (Lipinski definition) is 4. The van der Waals surface area contributed by atoms with Gasteiger partial charge in [0.1, 0.15) is 7.05 Å². The molecule has 2 aromatic carbocycles. The maximum Gasteiger partial charge on any atom is 0.303 e. The van der Waals surface area contributed by atoms with Crippen LogP contribution in [0.4, 0.5) is 11.4 Å². The lowest BCUT2D eigenvalue weighted by Crippen LogP contribution is -2.30. The van der Waals surface area contributed by atoms with Gasteiger partial charge < -0.3 is 10.0 Å². The van der Waals surface area contributed by atoms with Gasteiger partial charge >= 0.3 is 5.97 Å². The van der Waals surface area contributed by atoms with Gasteiger partial charge in [-0.25, -0.2) is 0 Å². The summed E-state index contributed by atoms with van der Waals surface area (Å²) >= 11 is 0. The summed E-state index contributed by atoms with van der Waals surface area (Å²) < 4.78 is 35.7. The Morgan fingerprint density at radius 2 is 1.74 bits per heavy atom. The fourth-order valence-corrected chi connectivity index (χ4v) is 7.01. The zero-order valence-corrected chi connectivity index (χ0v) is 26.1. The van der Waals surface area contributed by atoms with Crippen LogP contribution in [0.1, 0.15) is 77.3 Å².